The van der Waals surface area contributed by atoms with Crippen LogP contribution in [0.4, 0.5) is 21.0 Å². The van der Waals surface area contributed by atoms with Crippen molar-refractivity contribution in [3.63, 3.8) is 0 Å². The molecule has 0 aliphatic heterocycles. The number of isocyanates is 2. The van der Waals surface area contributed by atoms with E-state index in [-0.39, 0.29) is 12.1 Å². The lowest BCUT2D eigenvalue weighted by atomic mass is 10.2. The third-order valence-corrected chi connectivity index (χ3v) is 7.97. The van der Waals surface area contributed by atoms with Crippen LogP contribution in [0.25, 0.3) is 0 Å². The molecule has 2 aromatic rings. The van der Waals surface area contributed by atoms with Gasteiger partial charge in [-0.05, 0) is 74.2 Å². The van der Waals surface area contributed by atoms with Gasteiger partial charge in [-0.15, -0.1) is 0 Å². The van der Waals surface area contributed by atoms with Crippen molar-refractivity contribution in [3.8, 4) is 0 Å². The van der Waals surface area contributed by atoms with Crippen molar-refractivity contribution < 1.29 is 19.2 Å². The van der Waals surface area contributed by atoms with Gasteiger partial charge in [0.15, 0.2) is 0 Å². The first-order valence-corrected chi connectivity index (χ1v) is 15.5. The van der Waals surface area contributed by atoms with Gasteiger partial charge in [0.1, 0.15) is 0 Å². The Bertz CT molecular complexity index is 1030. The van der Waals surface area contributed by atoms with E-state index in [2.05, 4.69) is 31.3 Å². The molecule has 0 heterocycles. The number of carbonyl (C=O) groups excluding carboxylic acids is 4. The number of urea groups is 2. The number of nitrogens with one attached hydrogen (secondary N) is 4. The molecule has 0 aliphatic rings. The van der Waals surface area contributed by atoms with E-state index in [1.54, 1.807) is 21.6 Å². The third-order valence-electron chi connectivity index (χ3n) is 5.55. The Hall–Kier alpha value is -3.56. The molecule has 10 nitrogen and oxygen atoms in total. The van der Waals surface area contributed by atoms with Gasteiger partial charge in [0.25, 0.3) is 0 Å². The van der Waals surface area contributed by atoms with Gasteiger partial charge < -0.3 is 21.3 Å². The molecule has 0 unspecified atom stereocenters. The summed E-state index contributed by atoms with van der Waals surface area (Å²) in [6, 6.07) is 14.8. The lowest BCUT2D eigenvalue weighted by molar-refractivity contribution is 0.251. The van der Waals surface area contributed by atoms with E-state index in [1.807, 2.05) is 48.5 Å². The molecule has 12 heteroatoms. The number of unbranched alkanes of at least 4 members (excludes halogenated alkanes) is 6. The summed E-state index contributed by atoms with van der Waals surface area (Å²) in [5.74, 6) is 0. The van der Waals surface area contributed by atoms with Crippen LogP contribution in [0, 0.1) is 0 Å². The van der Waals surface area contributed by atoms with Crippen LogP contribution < -0.4 is 21.3 Å². The standard InChI is InChI=1S/C28H36N6O4S2/c35-21-29-17-5-1-3-7-19-31-27(37)33-23-9-13-25(14-10-23)39-40-26-15-11-24(12-16-26)34-28(38)32-20-8-4-2-6-18-30-22-36/h9-16H,1-8,17-20H2,(H2,31,33,37)(H2,32,34,38). The minimum Gasteiger partial charge on any atom is -0.338 e. The summed E-state index contributed by atoms with van der Waals surface area (Å²) < 4.78 is 0. The second-order valence-electron chi connectivity index (χ2n) is 8.75. The Balaban J connectivity index is 1.59. The van der Waals surface area contributed by atoms with Crippen molar-refractivity contribution >= 4 is 57.2 Å². The van der Waals surface area contributed by atoms with Crippen LogP contribution in [0.5, 0.6) is 0 Å². The Labute approximate surface area is 243 Å². The van der Waals surface area contributed by atoms with Gasteiger partial charge in [0, 0.05) is 34.3 Å². The second kappa shape index (κ2) is 21.3. The number of anilines is 2. The summed E-state index contributed by atoms with van der Waals surface area (Å²) in [5.41, 5.74) is 1.44. The van der Waals surface area contributed by atoms with Crippen molar-refractivity contribution in [2.75, 3.05) is 36.8 Å². The average Bonchev–Trinajstić information content (AvgIpc) is 2.96. The molecule has 0 saturated carbocycles. The van der Waals surface area contributed by atoms with E-state index in [1.165, 1.54) is 12.2 Å². The largest absolute Gasteiger partial charge is 0.338 e. The van der Waals surface area contributed by atoms with Gasteiger partial charge in [-0.3, -0.25) is 0 Å². The average molecular weight is 585 g/mol. The van der Waals surface area contributed by atoms with Crippen molar-refractivity contribution in [1.82, 2.24) is 10.6 Å². The number of hydrogen-bond acceptors (Lipinski definition) is 8. The maximum Gasteiger partial charge on any atom is 0.319 e. The van der Waals surface area contributed by atoms with Gasteiger partial charge in [0.05, 0.1) is 13.1 Å². The van der Waals surface area contributed by atoms with Crippen LogP contribution in [0.1, 0.15) is 51.4 Å². The zero-order valence-corrected chi connectivity index (χ0v) is 24.1. The molecule has 0 saturated heterocycles. The molecule has 0 atom stereocenters. The fraction of sp³-hybridized carbons (Fsp3) is 0.429. The predicted molar refractivity (Wildman–Crippen MR) is 162 cm³/mol. The number of rotatable bonds is 19. The highest BCUT2D eigenvalue weighted by atomic mass is 33.1. The van der Waals surface area contributed by atoms with Crippen LogP contribution >= 0.6 is 21.6 Å². The third kappa shape index (κ3) is 15.8. The molecule has 40 heavy (non-hydrogen) atoms. The van der Waals surface area contributed by atoms with E-state index in [4.69, 9.17) is 0 Å². The number of carbonyl (C=O) groups is 2. The van der Waals surface area contributed by atoms with Crippen LogP contribution in [0.15, 0.2) is 68.3 Å². The van der Waals surface area contributed by atoms with Gasteiger partial charge in [-0.1, -0.05) is 47.3 Å². The molecule has 0 spiro atoms. The minimum atomic E-state index is -0.235. The van der Waals surface area contributed by atoms with Crippen LogP contribution in [0.2, 0.25) is 0 Å². The summed E-state index contributed by atoms with van der Waals surface area (Å²) in [4.78, 5) is 53.3. The highest BCUT2D eigenvalue weighted by Crippen LogP contribution is 2.38. The Morgan fingerprint density at radius 3 is 1.32 bits per heavy atom. The first-order chi connectivity index (χ1) is 19.6. The van der Waals surface area contributed by atoms with E-state index in [0.717, 1.165) is 72.5 Å². The molecule has 4 amide bonds. The molecule has 0 aliphatic carbocycles. The predicted octanol–water partition coefficient (Wildman–Crippen LogP) is 6.52. The minimum absolute atomic E-state index is 0.235. The molecule has 2 rings (SSSR count). The molecule has 0 radical (unpaired) electrons. The summed E-state index contributed by atoms with van der Waals surface area (Å²) in [6.45, 7) is 2.21. The topological polar surface area (TPSA) is 141 Å². The zero-order chi connectivity index (χ0) is 28.7. The molecule has 0 aromatic heterocycles. The van der Waals surface area contributed by atoms with Gasteiger partial charge in [-0.2, -0.15) is 0 Å². The number of hydrogen-bond donors (Lipinski definition) is 4. The summed E-state index contributed by atoms with van der Waals surface area (Å²) >= 11 is 0. The number of nitrogens with zero attached hydrogens (tertiary/aromatic N) is 2. The Morgan fingerprint density at radius 2 is 0.950 bits per heavy atom. The van der Waals surface area contributed by atoms with Crippen LogP contribution in [-0.4, -0.2) is 50.4 Å². The lowest BCUT2D eigenvalue weighted by Crippen LogP contribution is -2.29. The van der Waals surface area contributed by atoms with Crippen LogP contribution in [0.3, 0.4) is 0 Å². The van der Waals surface area contributed by atoms with Gasteiger partial charge in [-0.25, -0.2) is 29.2 Å². The number of aliphatic imine (C=N–C) groups is 2. The molecule has 4 N–H and O–H groups in total. The van der Waals surface area contributed by atoms with E-state index < -0.39 is 0 Å². The van der Waals surface area contributed by atoms with Gasteiger partial charge >= 0.3 is 12.1 Å². The highest BCUT2D eigenvalue weighted by Gasteiger charge is 2.04. The van der Waals surface area contributed by atoms with E-state index >= 15 is 0 Å². The molecule has 0 fully saturated rings. The fourth-order valence-electron chi connectivity index (χ4n) is 3.47. The van der Waals surface area contributed by atoms with Gasteiger partial charge in [0.2, 0.25) is 12.2 Å². The molecule has 214 valence electrons. The molecular weight excluding hydrogens is 548 g/mol. The smallest absolute Gasteiger partial charge is 0.319 e. The van der Waals surface area contributed by atoms with Crippen molar-refractivity contribution in [1.29, 1.82) is 0 Å². The molecular formula is C28H36N6O4S2. The first kappa shape index (κ1) is 32.7. The zero-order valence-electron chi connectivity index (χ0n) is 22.4. The number of amides is 4. The fourth-order valence-corrected chi connectivity index (χ4v) is 5.40. The second-order valence-corrected chi connectivity index (χ2v) is 11.0. The summed E-state index contributed by atoms with van der Waals surface area (Å²) in [6.07, 6.45) is 10.4. The Morgan fingerprint density at radius 1 is 0.575 bits per heavy atom. The van der Waals surface area contributed by atoms with Crippen molar-refractivity contribution in [2.24, 2.45) is 9.98 Å². The summed E-state index contributed by atoms with van der Waals surface area (Å²) in [5, 5.41) is 11.4. The quantitative estimate of drug-likeness (QED) is 0.0641. The maximum absolute atomic E-state index is 12.1. The first-order valence-electron chi connectivity index (χ1n) is 13.3. The Kier molecular flexibility index (Phi) is 17.4. The highest BCUT2D eigenvalue weighted by molar-refractivity contribution is 8.76. The summed E-state index contributed by atoms with van der Waals surface area (Å²) in [7, 11) is 3.21. The monoisotopic (exact) mass is 584 g/mol. The van der Waals surface area contributed by atoms with E-state index in [0.29, 0.717) is 26.2 Å². The van der Waals surface area contributed by atoms with Crippen LogP contribution in [-0.2, 0) is 9.59 Å². The SMILES string of the molecule is O=C=NCCCCCCNC(=O)Nc1ccc(SSc2ccc(NC(=O)NCCCCCCN=C=O)cc2)cc1. The number of benzene rings is 2. The van der Waals surface area contributed by atoms with Crippen molar-refractivity contribution in [3.05, 3.63) is 48.5 Å². The lowest BCUT2D eigenvalue weighted by Gasteiger charge is -2.09. The van der Waals surface area contributed by atoms with Crippen molar-refractivity contribution in [2.45, 2.75) is 61.2 Å². The normalized spacial score (nSPS) is 10.1. The van der Waals surface area contributed by atoms with E-state index in [9.17, 15) is 19.2 Å². The molecule has 2 aromatic carbocycles. The maximum atomic E-state index is 12.1. The molecule has 0 bridgehead atoms.